The van der Waals surface area contributed by atoms with Crippen molar-refractivity contribution in [1.29, 1.82) is 5.26 Å². The standard InChI is InChI=1S/C23H21N3O3/c1-15-20(12-24)22(27)26(14-19-7-4-10-29-19)23(28)21(15)13-25-18-9-8-16-5-2-3-6-17(16)11-18/h2-3,5-6,8-9,11,13,19,28H,4,7,10,14H2,1H3. The molecule has 2 aromatic carbocycles. The van der Waals surface area contributed by atoms with Crippen LogP contribution in [0.5, 0.6) is 5.88 Å². The van der Waals surface area contributed by atoms with Gasteiger partial charge in [-0.2, -0.15) is 5.26 Å². The molecule has 6 heteroatoms. The van der Waals surface area contributed by atoms with Crippen molar-refractivity contribution in [3.8, 4) is 11.9 Å². The van der Waals surface area contributed by atoms with Crippen molar-refractivity contribution in [2.75, 3.05) is 6.61 Å². The summed E-state index contributed by atoms with van der Waals surface area (Å²) in [6.07, 6.45) is 3.12. The van der Waals surface area contributed by atoms with Gasteiger partial charge in [0.15, 0.2) is 0 Å². The van der Waals surface area contributed by atoms with Gasteiger partial charge in [0.25, 0.3) is 5.56 Å². The highest BCUT2D eigenvalue weighted by Gasteiger charge is 2.22. The minimum absolute atomic E-state index is 0.0146. The van der Waals surface area contributed by atoms with Gasteiger partial charge in [0.05, 0.1) is 23.9 Å². The molecule has 1 N–H and O–H groups in total. The van der Waals surface area contributed by atoms with Crippen LogP contribution in [0.25, 0.3) is 10.8 Å². The van der Waals surface area contributed by atoms with Crippen LogP contribution in [0, 0.1) is 18.3 Å². The van der Waals surface area contributed by atoms with E-state index in [-0.39, 0.29) is 24.1 Å². The fourth-order valence-corrected chi connectivity index (χ4v) is 3.68. The number of ether oxygens (including phenoxy) is 1. The van der Waals surface area contributed by atoms with Crippen molar-refractivity contribution in [3.63, 3.8) is 0 Å². The molecule has 1 unspecified atom stereocenters. The molecule has 0 amide bonds. The van der Waals surface area contributed by atoms with Crippen molar-refractivity contribution in [2.24, 2.45) is 4.99 Å². The third kappa shape index (κ3) is 3.65. The molecule has 146 valence electrons. The normalized spacial score (nSPS) is 16.5. The molecule has 0 saturated carbocycles. The first kappa shape index (κ1) is 18.9. The van der Waals surface area contributed by atoms with E-state index in [1.807, 2.05) is 48.5 Å². The number of aromatic nitrogens is 1. The van der Waals surface area contributed by atoms with Crippen molar-refractivity contribution < 1.29 is 9.84 Å². The number of hydrogen-bond acceptors (Lipinski definition) is 5. The number of rotatable bonds is 4. The van der Waals surface area contributed by atoms with Gasteiger partial charge in [-0.1, -0.05) is 30.3 Å². The molecule has 1 aliphatic rings. The maximum absolute atomic E-state index is 12.7. The Morgan fingerprint density at radius 2 is 2.10 bits per heavy atom. The summed E-state index contributed by atoms with van der Waals surface area (Å²) in [5.41, 5.74) is 1.02. The highest BCUT2D eigenvalue weighted by Crippen LogP contribution is 2.25. The van der Waals surface area contributed by atoms with Crippen LogP contribution in [0.15, 0.2) is 52.3 Å². The van der Waals surface area contributed by atoms with Gasteiger partial charge in [-0.3, -0.25) is 14.4 Å². The predicted octanol–water partition coefficient (Wildman–Crippen LogP) is 3.82. The summed E-state index contributed by atoms with van der Waals surface area (Å²) >= 11 is 0. The van der Waals surface area contributed by atoms with E-state index in [1.165, 1.54) is 10.8 Å². The summed E-state index contributed by atoms with van der Waals surface area (Å²) in [5.74, 6) is -0.188. The van der Waals surface area contributed by atoms with Gasteiger partial charge >= 0.3 is 0 Å². The monoisotopic (exact) mass is 387 g/mol. The fourth-order valence-electron chi connectivity index (χ4n) is 3.68. The number of benzene rings is 2. The number of pyridine rings is 1. The summed E-state index contributed by atoms with van der Waals surface area (Å²) in [4.78, 5) is 17.2. The van der Waals surface area contributed by atoms with Crippen molar-refractivity contribution in [3.05, 3.63) is 69.5 Å². The van der Waals surface area contributed by atoms with Crippen LogP contribution < -0.4 is 5.56 Å². The molecule has 0 spiro atoms. The average Bonchev–Trinajstić information content (AvgIpc) is 3.24. The Morgan fingerprint density at radius 3 is 2.83 bits per heavy atom. The van der Waals surface area contributed by atoms with Crippen LogP contribution in [0.2, 0.25) is 0 Å². The topological polar surface area (TPSA) is 87.6 Å². The molecule has 1 atom stereocenters. The minimum Gasteiger partial charge on any atom is -0.494 e. The molecule has 2 heterocycles. The Morgan fingerprint density at radius 1 is 1.31 bits per heavy atom. The predicted molar refractivity (Wildman–Crippen MR) is 112 cm³/mol. The second-order valence-corrected chi connectivity index (χ2v) is 7.19. The average molecular weight is 387 g/mol. The lowest BCUT2D eigenvalue weighted by Crippen LogP contribution is -2.29. The molecule has 1 saturated heterocycles. The number of nitrogens with zero attached hydrogens (tertiary/aromatic N) is 3. The van der Waals surface area contributed by atoms with Crippen molar-refractivity contribution in [2.45, 2.75) is 32.4 Å². The van der Waals surface area contributed by atoms with Gasteiger partial charge in [0, 0.05) is 12.8 Å². The zero-order valence-electron chi connectivity index (χ0n) is 16.1. The molecule has 0 bridgehead atoms. The second-order valence-electron chi connectivity index (χ2n) is 7.19. The summed E-state index contributed by atoms with van der Waals surface area (Å²) in [7, 11) is 0. The van der Waals surface area contributed by atoms with Gasteiger partial charge in [-0.05, 0) is 48.2 Å². The maximum Gasteiger partial charge on any atom is 0.271 e. The van der Waals surface area contributed by atoms with E-state index < -0.39 is 5.56 Å². The lowest BCUT2D eigenvalue weighted by Gasteiger charge is -2.17. The molecular formula is C23H21N3O3. The summed E-state index contributed by atoms with van der Waals surface area (Å²) < 4.78 is 6.82. The second kappa shape index (κ2) is 7.90. The van der Waals surface area contributed by atoms with Crippen molar-refractivity contribution in [1.82, 2.24) is 4.57 Å². The first-order chi connectivity index (χ1) is 14.1. The van der Waals surface area contributed by atoms with Crippen LogP contribution in [-0.4, -0.2) is 28.6 Å². The smallest absolute Gasteiger partial charge is 0.271 e. The summed E-state index contributed by atoms with van der Waals surface area (Å²) in [6.45, 7) is 2.52. The lowest BCUT2D eigenvalue weighted by molar-refractivity contribution is 0.0938. The van der Waals surface area contributed by atoms with E-state index in [9.17, 15) is 15.2 Å². The van der Waals surface area contributed by atoms with E-state index in [4.69, 9.17) is 4.74 Å². The van der Waals surface area contributed by atoms with Gasteiger partial charge in [-0.25, -0.2) is 0 Å². The largest absolute Gasteiger partial charge is 0.494 e. The Balaban J connectivity index is 1.76. The number of fused-ring (bicyclic) bond motifs is 1. The van der Waals surface area contributed by atoms with Gasteiger partial charge in [-0.15, -0.1) is 0 Å². The number of hydrogen-bond donors (Lipinski definition) is 1. The third-order valence-corrected chi connectivity index (χ3v) is 5.33. The molecule has 1 fully saturated rings. The van der Waals surface area contributed by atoms with E-state index in [1.54, 1.807) is 6.92 Å². The highest BCUT2D eigenvalue weighted by molar-refractivity contribution is 5.90. The molecule has 1 aromatic heterocycles. The molecule has 3 aromatic rings. The maximum atomic E-state index is 12.7. The highest BCUT2D eigenvalue weighted by atomic mass is 16.5. The quantitative estimate of drug-likeness (QED) is 0.690. The van der Waals surface area contributed by atoms with Crippen LogP contribution in [0.1, 0.15) is 29.5 Å². The van der Waals surface area contributed by atoms with E-state index in [2.05, 4.69) is 4.99 Å². The summed E-state index contributed by atoms with van der Waals surface area (Å²) in [5, 5.41) is 22.4. The van der Waals surface area contributed by atoms with Gasteiger partial charge in [0.1, 0.15) is 11.6 Å². The zero-order valence-corrected chi connectivity index (χ0v) is 16.1. The molecule has 1 aliphatic heterocycles. The van der Waals surface area contributed by atoms with Gasteiger partial charge in [0.2, 0.25) is 5.88 Å². The van der Waals surface area contributed by atoms with Crippen LogP contribution in [-0.2, 0) is 11.3 Å². The number of aliphatic imine (C=N–C) groups is 1. The third-order valence-electron chi connectivity index (χ3n) is 5.33. The Bertz CT molecular complexity index is 1200. The fraction of sp³-hybridized carbons (Fsp3) is 0.261. The van der Waals surface area contributed by atoms with E-state index in [0.717, 1.165) is 29.3 Å². The zero-order chi connectivity index (χ0) is 20.4. The Kier molecular flexibility index (Phi) is 5.15. The van der Waals surface area contributed by atoms with Crippen LogP contribution >= 0.6 is 0 Å². The lowest BCUT2D eigenvalue weighted by atomic mass is 10.1. The molecule has 6 nitrogen and oxygen atoms in total. The number of nitriles is 1. The Hall–Kier alpha value is -3.43. The first-order valence-corrected chi connectivity index (χ1v) is 9.59. The molecule has 0 radical (unpaired) electrons. The van der Waals surface area contributed by atoms with E-state index in [0.29, 0.717) is 17.7 Å². The van der Waals surface area contributed by atoms with Crippen molar-refractivity contribution >= 4 is 22.7 Å². The SMILES string of the molecule is Cc1c(C=Nc2ccc3ccccc3c2)c(O)n(CC2CCCO2)c(=O)c1C#N. The molecule has 0 aliphatic carbocycles. The van der Waals surface area contributed by atoms with Crippen LogP contribution in [0.4, 0.5) is 5.69 Å². The van der Waals surface area contributed by atoms with E-state index >= 15 is 0 Å². The minimum atomic E-state index is -0.499. The summed E-state index contributed by atoms with van der Waals surface area (Å²) in [6, 6.07) is 15.8. The first-order valence-electron chi connectivity index (χ1n) is 9.59. The Labute approximate surface area is 168 Å². The molecule has 29 heavy (non-hydrogen) atoms. The van der Waals surface area contributed by atoms with Gasteiger partial charge < -0.3 is 9.84 Å². The number of aromatic hydroxyl groups is 1. The van der Waals surface area contributed by atoms with Crippen LogP contribution in [0.3, 0.4) is 0 Å². The molecular weight excluding hydrogens is 366 g/mol. The molecule has 4 rings (SSSR count).